The highest BCUT2D eigenvalue weighted by atomic mass is 32.2. The second-order valence-corrected chi connectivity index (χ2v) is 9.96. The molecule has 0 aromatic carbocycles. The third kappa shape index (κ3) is 3.36. The molecular formula is C20H29N5O2S. The van der Waals surface area contributed by atoms with Crippen molar-refractivity contribution in [3.8, 4) is 0 Å². The van der Waals surface area contributed by atoms with Crippen molar-refractivity contribution in [3.05, 3.63) is 17.6 Å². The maximum atomic E-state index is 13.1. The van der Waals surface area contributed by atoms with Gasteiger partial charge < -0.3 is 14.7 Å². The highest BCUT2D eigenvalue weighted by molar-refractivity contribution is 8.01. The lowest BCUT2D eigenvalue weighted by Gasteiger charge is -2.38. The normalized spacial score (nSPS) is 27.7. The molecule has 3 fully saturated rings. The maximum Gasteiger partial charge on any atom is 0.246 e. The summed E-state index contributed by atoms with van der Waals surface area (Å²) in [7, 11) is 0. The van der Waals surface area contributed by atoms with Crippen LogP contribution in [-0.4, -0.2) is 74.4 Å². The molecular weight excluding hydrogens is 374 g/mol. The minimum Gasteiger partial charge on any atom is -0.353 e. The quantitative estimate of drug-likeness (QED) is 0.769. The predicted molar refractivity (Wildman–Crippen MR) is 110 cm³/mol. The van der Waals surface area contributed by atoms with Gasteiger partial charge in [0.25, 0.3) is 0 Å². The van der Waals surface area contributed by atoms with Gasteiger partial charge in [-0.25, -0.2) is 9.97 Å². The van der Waals surface area contributed by atoms with Gasteiger partial charge >= 0.3 is 0 Å². The van der Waals surface area contributed by atoms with Crippen molar-refractivity contribution < 1.29 is 9.59 Å². The number of aromatic nitrogens is 2. The largest absolute Gasteiger partial charge is 0.353 e. The molecule has 4 rings (SSSR count). The van der Waals surface area contributed by atoms with Gasteiger partial charge in [0.1, 0.15) is 17.7 Å². The Bertz CT molecular complexity index is 793. The number of amides is 2. The van der Waals surface area contributed by atoms with Crippen molar-refractivity contribution in [2.24, 2.45) is 0 Å². The lowest BCUT2D eigenvalue weighted by atomic mass is 10.2. The van der Waals surface area contributed by atoms with Gasteiger partial charge in [-0.15, -0.1) is 11.8 Å². The number of piperazine rings is 1. The summed E-state index contributed by atoms with van der Waals surface area (Å²) in [6.45, 7) is 11.1. The second kappa shape index (κ2) is 7.21. The van der Waals surface area contributed by atoms with Crippen LogP contribution in [0.15, 0.2) is 6.07 Å². The predicted octanol–water partition coefficient (Wildman–Crippen LogP) is 2.01. The molecule has 152 valence electrons. The van der Waals surface area contributed by atoms with Crippen LogP contribution in [0.5, 0.6) is 0 Å². The molecule has 3 saturated heterocycles. The standard InChI is InChI=1S/C20H29N5O2S/c1-13(2)18-21-14(3)11-16(22-18)23-7-9-24(10-8-23)19(27)15-12-28-20(4)6-5-17(26)25(15)20/h11,13,15H,5-10,12H2,1-4H3/t15-,20+/m0/s1. The average Bonchev–Trinajstić information content (AvgIpc) is 3.17. The van der Waals surface area contributed by atoms with Crippen molar-refractivity contribution in [2.45, 2.75) is 57.4 Å². The number of fused-ring (bicyclic) bond motifs is 1. The highest BCUT2D eigenvalue weighted by Gasteiger charge is 2.53. The first-order valence-electron chi connectivity index (χ1n) is 10.1. The molecule has 0 aliphatic carbocycles. The summed E-state index contributed by atoms with van der Waals surface area (Å²) in [6, 6.07) is 1.72. The van der Waals surface area contributed by atoms with E-state index in [4.69, 9.17) is 4.98 Å². The second-order valence-electron chi connectivity index (χ2n) is 8.46. The summed E-state index contributed by atoms with van der Waals surface area (Å²) >= 11 is 1.75. The first-order valence-corrected chi connectivity index (χ1v) is 11.1. The fourth-order valence-electron chi connectivity index (χ4n) is 4.36. The molecule has 0 saturated carbocycles. The third-order valence-corrected chi connectivity index (χ3v) is 7.52. The summed E-state index contributed by atoms with van der Waals surface area (Å²) < 4.78 is 0. The molecule has 0 unspecified atom stereocenters. The van der Waals surface area contributed by atoms with E-state index < -0.39 is 0 Å². The van der Waals surface area contributed by atoms with Crippen LogP contribution in [0, 0.1) is 6.92 Å². The number of carbonyl (C=O) groups is 2. The zero-order valence-corrected chi connectivity index (χ0v) is 18.0. The SMILES string of the molecule is Cc1cc(N2CCN(C(=O)[C@@H]3CS[C@]4(C)CCC(=O)N34)CC2)nc(C(C)C)n1. The van der Waals surface area contributed by atoms with Crippen LogP contribution in [0.2, 0.25) is 0 Å². The van der Waals surface area contributed by atoms with Crippen molar-refractivity contribution in [1.29, 1.82) is 0 Å². The van der Waals surface area contributed by atoms with E-state index in [0.717, 1.165) is 36.8 Å². The number of nitrogens with zero attached hydrogens (tertiary/aromatic N) is 5. The van der Waals surface area contributed by atoms with Gasteiger partial charge in [-0.1, -0.05) is 13.8 Å². The molecule has 0 spiro atoms. The zero-order valence-electron chi connectivity index (χ0n) is 17.1. The van der Waals surface area contributed by atoms with Crippen LogP contribution in [0.4, 0.5) is 5.82 Å². The Morgan fingerprint density at radius 3 is 2.64 bits per heavy atom. The van der Waals surface area contributed by atoms with Crippen molar-refractivity contribution in [3.63, 3.8) is 0 Å². The summed E-state index contributed by atoms with van der Waals surface area (Å²) in [5.74, 6) is 3.04. The smallest absolute Gasteiger partial charge is 0.246 e. The fourth-order valence-corrected chi connectivity index (χ4v) is 5.79. The Morgan fingerprint density at radius 1 is 1.25 bits per heavy atom. The Kier molecular flexibility index (Phi) is 5.02. The van der Waals surface area contributed by atoms with Crippen LogP contribution in [0.25, 0.3) is 0 Å². The van der Waals surface area contributed by atoms with E-state index in [2.05, 4.69) is 30.7 Å². The molecule has 1 aromatic rings. The molecule has 1 aromatic heterocycles. The number of aryl methyl sites for hydroxylation is 1. The lowest BCUT2D eigenvalue weighted by Crippen LogP contribution is -2.56. The van der Waals surface area contributed by atoms with Gasteiger partial charge in [0.05, 0.1) is 4.87 Å². The monoisotopic (exact) mass is 403 g/mol. The topological polar surface area (TPSA) is 69.6 Å². The van der Waals surface area contributed by atoms with Crippen LogP contribution < -0.4 is 4.90 Å². The molecule has 0 N–H and O–H groups in total. The van der Waals surface area contributed by atoms with Crippen LogP contribution in [0.3, 0.4) is 0 Å². The van der Waals surface area contributed by atoms with E-state index in [1.54, 1.807) is 11.8 Å². The number of anilines is 1. The first kappa shape index (κ1) is 19.5. The Morgan fingerprint density at radius 2 is 1.96 bits per heavy atom. The summed E-state index contributed by atoms with van der Waals surface area (Å²) in [4.78, 5) is 40.6. The van der Waals surface area contributed by atoms with Gasteiger partial charge in [0, 0.05) is 56.0 Å². The maximum absolute atomic E-state index is 13.1. The van der Waals surface area contributed by atoms with Crippen LogP contribution in [0.1, 0.15) is 51.0 Å². The number of hydrogen-bond acceptors (Lipinski definition) is 6. The molecule has 7 nitrogen and oxygen atoms in total. The molecule has 3 aliphatic rings. The molecule has 2 amide bonds. The van der Waals surface area contributed by atoms with Gasteiger partial charge in [-0.3, -0.25) is 9.59 Å². The first-order chi connectivity index (χ1) is 13.3. The summed E-state index contributed by atoms with van der Waals surface area (Å²) in [6.07, 6.45) is 1.41. The number of carbonyl (C=O) groups excluding carboxylic acids is 2. The molecule has 0 bridgehead atoms. The number of hydrogen-bond donors (Lipinski definition) is 0. The van der Waals surface area contributed by atoms with E-state index in [1.807, 2.05) is 22.8 Å². The number of thioether (sulfide) groups is 1. The van der Waals surface area contributed by atoms with Gasteiger partial charge in [-0.2, -0.15) is 0 Å². The minimum atomic E-state index is -0.301. The summed E-state index contributed by atoms with van der Waals surface area (Å²) in [5.41, 5.74) is 0.974. The lowest BCUT2D eigenvalue weighted by molar-refractivity contribution is -0.143. The Labute approximate surface area is 170 Å². The van der Waals surface area contributed by atoms with Crippen molar-refractivity contribution in [2.75, 3.05) is 36.8 Å². The third-order valence-electron chi connectivity index (χ3n) is 6.02. The van der Waals surface area contributed by atoms with E-state index in [9.17, 15) is 9.59 Å². The molecule has 3 aliphatic heterocycles. The Hall–Kier alpha value is -1.83. The van der Waals surface area contributed by atoms with Crippen LogP contribution >= 0.6 is 11.8 Å². The highest BCUT2D eigenvalue weighted by Crippen LogP contribution is 2.47. The van der Waals surface area contributed by atoms with Gasteiger partial charge in [0.2, 0.25) is 11.8 Å². The van der Waals surface area contributed by atoms with E-state index >= 15 is 0 Å². The molecule has 8 heteroatoms. The van der Waals surface area contributed by atoms with Crippen LogP contribution in [-0.2, 0) is 9.59 Å². The molecule has 0 radical (unpaired) electrons. The number of rotatable bonds is 3. The van der Waals surface area contributed by atoms with Gasteiger partial charge in [-0.05, 0) is 20.3 Å². The van der Waals surface area contributed by atoms with E-state index in [0.29, 0.717) is 25.3 Å². The summed E-state index contributed by atoms with van der Waals surface area (Å²) in [5, 5.41) is 0. The zero-order chi connectivity index (χ0) is 20.1. The Balaban J connectivity index is 1.42. The fraction of sp³-hybridized carbons (Fsp3) is 0.700. The van der Waals surface area contributed by atoms with Crippen molar-refractivity contribution in [1.82, 2.24) is 19.8 Å². The molecule has 4 heterocycles. The average molecular weight is 404 g/mol. The minimum absolute atomic E-state index is 0.105. The molecule has 2 atom stereocenters. The van der Waals surface area contributed by atoms with E-state index in [-0.39, 0.29) is 28.6 Å². The van der Waals surface area contributed by atoms with Gasteiger partial charge in [0.15, 0.2) is 0 Å². The van der Waals surface area contributed by atoms with Crippen molar-refractivity contribution >= 4 is 29.4 Å². The molecule has 28 heavy (non-hydrogen) atoms. The van der Waals surface area contributed by atoms with E-state index in [1.165, 1.54) is 0 Å².